The van der Waals surface area contributed by atoms with Crippen LogP contribution >= 0.6 is 0 Å². The standard InChI is InChI=1S/C37H60O4/c1-32(2)17-19-37(31(40)41-23-24-11-9-8-10-12-24)20-18-35(6)25(26(37)21-32)13-14-29-34(5)22-27(38)30(39)33(3,4)28(34)15-16-36(29,35)7/h13,24,26-30,38-39H,8-12,14-23H2,1-7H3/t26-,27+,28-,29+,30-,34-,35+,36+,37-/m0/s1. The summed E-state index contributed by atoms with van der Waals surface area (Å²) in [4.78, 5) is 14.2. The van der Waals surface area contributed by atoms with E-state index in [1.807, 2.05) is 0 Å². The zero-order valence-corrected chi connectivity index (χ0v) is 27.4. The molecule has 0 aliphatic heterocycles. The van der Waals surface area contributed by atoms with E-state index in [2.05, 4.69) is 54.5 Å². The first-order valence-corrected chi connectivity index (χ1v) is 17.3. The van der Waals surface area contributed by atoms with Gasteiger partial charge in [-0.1, -0.05) is 79.4 Å². The summed E-state index contributed by atoms with van der Waals surface area (Å²) in [5.41, 5.74) is 1.27. The highest BCUT2D eigenvalue weighted by Crippen LogP contribution is 2.75. The molecule has 0 aromatic heterocycles. The first kappa shape index (κ1) is 30.2. The molecule has 2 N–H and O–H groups in total. The van der Waals surface area contributed by atoms with Crippen LogP contribution in [0.25, 0.3) is 0 Å². The van der Waals surface area contributed by atoms with E-state index in [1.54, 1.807) is 5.57 Å². The number of rotatable bonds is 3. The zero-order valence-electron chi connectivity index (χ0n) is 27.4. The van der Waals surface area contributed by atoms with E-state index in [9.17, 15) is 15.0 Å². The molecule has 4 nitrogen and oxygen atoms in total. The molecule has 5 fully saturated rings. The SMILES string of the molecule is CC1(C)CC[C@]2(C(=O)OCC3CCCCC3)CC[C@]3(C)C(=CC[C@@H]4[C@@]5(C)C[C@@H](O)[C@H](O)C(C)(C)[C@@H]5CC[C@]43C)[C@@H]2C1. The average Bonchev–Trinajstić information content (AvgIpc) is 2.91. The Labute approximate surface area is 250 Å². The van der Waals surface area contributed by atoms with E-state index in [1.165, 1.54) is 32.1 Å². The lowest BCUT2D eigenvalue weighted by Crippen LogP contribution is -2.67. The molecule has 0 aromatic carbocycles. The summed E-state index contributed by atoms with van der Waals surface area (Å²) in [5.74, 6) is 1.79. The maximum Gasteiger partial charge on any atom is 0.312 e. The normalized spacial score (nSPS) is 49.0. The Hall–Kier alpha value is -0.870. The number of esters is 1. The fourth-order valence-electron chi connectivity index (χ4n) is 12.4. The van der Waals surface area contributed by atoms with E-state index >= 15 is 0 Å². The third-order valence-corrected chi connectivity index (χ3v) is 15.2. The number of aliphatic hydroxyl groups excluding tert-OH is 2. The molecule has 0 aromatic rings. The van der Waals surface area contributed by atoms with E-state index in [0.717, 1.165) is 51.4 Å². The summed E-state index contributed by atoms with van der Waals surface area (Å²) < 4.78 is 6.31. The van der Waals surface area contributed by atoms with Crippen molar-refractivity contribution in [1.82, 2.24) is 0 Å². The van der Waals surface area contributed by atoms with Crippen molar-refractivity contribution in [3.63, 3.8) is 0 Å². The van der Waals surface area contributed by atoms with Crippen LogP contribution in [0, 0.1) is 56.2 Å². The molecule has 0 amide bonds. The average molecular weight is 569 g/mol. The van der Waals surface area contributed by atoms with Gasteiger partial charge in [-0.2, -0.15) is 0 Å². The third-order valence-electron chi connectivity index (χ3n) is 15.2. The Morgan fingerprint density at radius 2 is 1.54 bits per heavy atom. The maximum absolute atomic E-state index is 14.2. The fraction of sp³-hybridized carbons (Fsp3) is 0.919. The molecule has 6 aliphatic rings. The van der Waals surface area contributed by atoms with Gasteiger partial charge in [0.2, 0.25) is 0 Å². The second-order valence-corrected chi connectivity index (χ2v) is 18.0. The predicted octanol–water partition coefficient (Wildman–Crippen LogP) is 8.24. The molecule has 6 aliphatic carbocycles. The molecule has 0 bridgehead atoms. The molecular formula is C37H60O4. The molecule has 0 spiro atoms. The van der Waals surface area contributed by atoms with Crippen molar-refractivity contribution in [3.05, 3.63) is 11.6 Å². The summed E-state index contributed by atoms with van der Waals surface area (Å²) in [6.07, 6.45) is 16.7. The van der Waals surface area contributed by atoms with Gasteiger partial charge in [-0.05, 0) is 121 Å². The van der Waals surface area contributed by atoms with Crippen LogP contribution in [0.3, 0.4) is 0 Å². The Morgan fingerprint density at radius 3 is 2.24 bits per heavy atom. The van der Waals surface area contributed by atoms with E-state index in [-0.39, 0.29) is 44.4 Å². The second kappa shape index (κ2) is 9.82. The number of hydrogen-bond acceptors (Lipinski definition) is 4. The molecule has 0 unspecified atom stereocenters. The van der Waals surface area contributed by atoms with E-state index in [4.69, 9.17) is 4.74 Å². The van der Waals surface area contributed by atoms with Crippen LogP contribution in [0.15, 0.2) is 11.6 Å². The Balaban J connectivity index is 1.35. The minimum Gasteiger partial charge on any atom is -0.465 e. The highest BCUT2D eigenvalue weighted by atomic mass is 16.5. The van der Waals surface area contributed by atoms with Gasteiger partial charge in [0.25, 0.3) is 0 Å². The summed E-state index contributed by atoms with van der Waals surface area (Å²) in [5, 5.41) is 22.2. The number of allylic oxidation sites excluding steroid dienone is 2. The van der Waals surface area contributed by atoms with Crippen molar-refractivity contribution in [2.24, 2.45) is 56.2 Å². The van der Waals surface area contributed by atoms with Gasteiger partial charge in [0.15, 0.2) is 0 Å². The van der Waals surface area contributed by atoms with Crippen molar-refractivity contribution in [3.8, 4) is 0 Å². The summed E-state index contributed by atoms with van der Waals surface area (Å²) in [6, 6.07) is 0. The van der Waals surface area contributed by atoms with Gasteiger partial charge in [0, 0.05) is 0 Å². The molecule has 9 atom stereocenters. The number of fused-ring (bicyclic) bond motifs is 7. The smallest absolute Gasteiger partial charge is 0.312 e. The van der Waals surface area contributed by atoms with Crippen LogP contribution < -0.4 is 0 Å². The molecule has 0 saturated heterocycles. The van der Waals surface area contributed by atoms with Gasteiger partial charge < -0.3 is 14.9 Å². The molecule has 5 saturated carbocycles. The number of aliphatic hydroxyl groups is 2. The van der Waals surface area contributed by atoms with Gasteiger partial charge in [0.05, 0.1) is 24.2 Å². The van der Waals surface area contributed by atoms with Crippen LogP contribution in [-0.4, -0.2) is 35.0 Å². The van der Waals surface area contributed by atoms with Crippen molar-refractivity contribution in [1.29, 1.82) is 0 Å². The monoisotopic (exact) mass is 568 g/mol. The van der Waals surface area contributed by atoms with Crippen LogP contribution in [0.1, 0.15) is 138 Å². The molecule has 0 radical (unpaired) electrons. The number of ether oxygens (including phenoxy) is 1. The second-order valence-electron chi connectivity index (χ2n) is 18.0. The third kappa shape index (κ3) is 4.29. The first-order valence-electron chi connectivity index (χ1n) is 17.3. The van der Waals surface area contributed by atoms with Gasteiger partial charge in [0.1, 0.15) is 0 Å². The number of carbonyl (C=O) groups excluding carboxylic acids is 1. The lowest BCUT2D eigenvalue weighted by molar-refractivity contribution is -0.232. The predicted molar refractivity (Wildman–Crippen MR) is 164 cm³/mol. The van der Waals surface area contributed by atoms with Crippen molar-refractivity contribution < 1.29 is 19.7 Å². The lowest BCUT2D eigenvalue weighted by Gasteiger charge is -2.71. The molecule has 232 valence electrons. The minimum absolute atomic E-state index is 0.0144. The topological polar surface area (TPSA) is 66.8 Å². The molecule has 0 heterocycles. The number of hydrogen-bond donors (Lipinski definition) is 2. The summed E-state index contributed by atoms with van der Waals surface area (Å²) in [6.45, 7) is 17.4. The Bertz CT molecular complexity index is 1070. The molecule has 6 rings (SSSR count). The van der Waals surface area contributed by atoms with E-state index < -0.39 is 12.2 Å². The highest BCUT2D eigenvalue weighted by molar-refractivity contribution is 5.78. The molecule has 41 heavy (non-hydrogen) atoms. The summed E-state index contributed by atoms with van der Waals surface area (Å²) >= 11 is 0. The minimum atomic E-state index is -0.663. The molecule has 4 heteroatoms. The Morgan fingerprint density at radius 1 is 0.854 bits per heavy atom. The van der Waals surface area contributed by atoms with Crippen LogP contribution in [0.4, 0.5) is 0 Å². The van der Waals surface area contributed by atoms with Gasteiger partial charge in [-0.25, -0.2) is 0 Å². The van der Waals surface area contributed by atoms with Crippen LogP contribution in [0.2, 0.25) is 0 Å². The highest BCUT2D eigenvalue weighted by Gasteiger charge is 2.70. The van der Waals surface area contributed by atoms with Crippen LogP contribution in [0.5, 0.6) is 0 Å². The van der Waals surface area contributed by atoms with Gasteiger partial charge in [-0.15, -0.1) is 0 Å². The first-order chi connectivity index (χ1) is 19.1. The van der Waals surface area contributed by atoms with Crippen molar-refractivity contribution in [2.45, 2.75) is 151 Å². The van der Waals surface area contributed by atoms with Crippen molar-refractivity contribution in [2.75, 3.05) is 6.61 Å². The fourth-order valence-corrected chi connectivity index (χ4v) is 12.4. The van der Waals surface area contributed by atoms with Gasteiger partial charge in [-0.3, -0.25) is 4.79 Å². The zero-order chi connectivity index (χ0) is 29.6. The Kier molecular flexibility index (Phi) is 7.22. The van der Waals surface area contributed by atoms with Crippen molar-refractivity contribution >= 4 is 5.97 Å². The largest absolute Gasteiger partial charge is 0.465 e. The van der Waals surface area contributed by atoms with Gasteiger partial charge >= 0.3 is 5.97 Å². The van der Waals surface area contributed by atoms with Crippen LogP contribution in [-0.2, 0) is 9.53 Å². The summed E-state index contributed by atoms with van der Waals surface area (Å²) in [7, 11) is 0. The lowest BCUT2D eigenvalue weighted by atomic mass is 9.33. The quantitative estimate of drug-likeness (QED) is 0.266. The number of carbonyl (C=O) groups is 1. The van der Waals surface area contributed by atoms with E-state index in [0.29, 0.717) is 30.8 Å². The maximum atomic E-state index is 14.2. The molecular weight excluding hydrogens is 508 g/mol.